The molecule has 0 bridgehead atoms. The number of amides is 1. The largest absolute Gasteiger partial charge is 0.573 e. The van der Waals surface area contributed by atoms with Crippen LogP contribution in [-0.4, -0.2) is 40.2 Å². The van der Waals surface area contributed by atoms with E-state index in [0.29, 0.717) is 31.0 Å². The summed E-state index contributed by atoms with van der Waals surface area (Å²) in [7, 11) is 0. The van der Waals surface area contributed by atoms with Gasteiger partial charge < -0.3 is 15.0 Å². The molecule has 1 aliphatic rings. The number of rotatable bonds is 6. The summed E-state index contributed by atoms with van der Waals surface area (Å²) in [5.41, 5.74) is 0.771. The van der Waals surface area contributed by atoms with Gasteiger partial charge in [0.1, 0.15) is 23.2 Å². The van der Waals surface area contributed by atoms with E-state index in [9.17, 15) is 22.4 Å². The summed E-state index contributed by atoms with van der Waals surface area (Å²) < 4.78 is 57.0. The van der Waals surface area contributed by atoms with E-state index >= 15 is 0 Å². The highest BCUT2D eigenvalue weighted by atomic mass is 19.4. The lowest BCUT2D eigenvalue weighted by Crippen LogP contribution is -2.39. The molecular weight excluding hydrogens is 464 g/mol. The van der Waals surface area contributed by atoms with Crippen LogP contribution in [0.4, 0.5) is 29.1 Å². The van der Waals surface area contributed by atoms with Gasteiger partial charge in [0, 0.05) is 42.7 Å². The number of hydrogen-bond donors (Lipinski definition) is 1. The number of alkyl halides is 3. The monoisotopic (exact) mass is 488 g/mol. The van der Waals surface area contributed by atoms with Gasteiger partial charge in [0.2, 0.25) is 5.91 Å². The first kappa shape index (κ1) is 24.4. The van der Waals surface area contributed by atoms with Crippen molar-refractivity contribution < 1.29 is 27.1 Å². The number of para-hydroxylation sites is 1. The second-order valence-corrected chi connectivity index (χ2v) is 8.21. The molecule has 1 N–H and O–H groups in total. The van der Waals surface area contributed by atoms with Crippen molar-refractivity contribution in [1.29, 1.82) is 0 Å². The van der Waals surface area contributed by atoms with E-state index in [1.807, 2.05) is 0 Å². The molecule has 1 aliphatic heterocycles. The highest BCUT2D eigenvalue weighted by molar-refractivity contribution is 5.76. The number of hydrogen-bond acceptors (Lipinski definition) is 5. The second kappa shape index (κ2) is 10.3. The van der Waals surface area contributed by atoms with Crippen molar-refractivity contribution in [2.45, 2.75) is 38.5 Å². The van der Waals surface area contributed by atoms with Crippen molar-refractivity contribution in [2.24, 2.45) is 0 Å². The number of carbonyl (C=O) groups is 1. The Bertz CT molecular complexity index is 1200. The molecule has 4 rings (SSSR count). The lowest BCUT2D eigenvalue weighted by atomic mass is 9.96. The maximum atomic E-state index is 13.7. The molecule has 10 heteroatoms. The second-order valence-electron chi connectivity index (χ2n) is 8.21. The maximum absolute atomic E-state index is 13.7. The lowest BCUT2D eigenvalue weighted by Gasteiger charge is -2.32. The Morgan fingerprint density at radius 2 is 1.94 bits per heavy atom. The number of likely N-dealkylation sites (tertiary alicyclic amines) is 1. The fourth-order valence-corrected chi connectivity index (χ4v) is 4.09. The van der Waals surface area contributed by atoms with Crippen LogP contribution in [0.2, 0.25) is 0 Å². The van der Waals surface area contributed by atoms with Crippen LogP contribution in [0.3, 0.4) is 0 Å². The zero-order valence-electron chi connectivity index (χ0n) is 19.0. The molecule has 35 heavy (non-hydrogen) atoms. The zero-order valence-corrected chi connectivity index (χ0v) is 19.0. The standard InChI is InChI=1S/C25H24F4N4O2/c1-2-23(34)33-12-6-7-16(15-33)24-31-20(19-10-3-4-11-21(19)35-25(27,28)29)14-22(32-24)30-18-9-5-8-17(26)13-18/h3-5,8-11,13-14,16H,2,6-7,12,15H2,1H3,(H,30,31,32). The number of anilines is 2. The normalized spacial score (nSPS) is 16.1. The molecule has 0 spiro atoms. The van der Waals surface area contributed by atoms with E-state index in [0.717, 1.165) is 12.8 Å². The van der Waals surface area contributed by atoms with E-state index in [4.69, 9.17) is 0 Å². The Morgan fingerprint density at radius 1 is 1.14 bits per heavy atom. The topological polar surface area (TPSA) is 67.4 Å². The summed E-state index contributed by atoms with van der Waals surface area (Å²) in [5, 5.41) is 3.01. The number of piperidine rings is 1. The number of nitrogens with one attached hydrogen (secondary N) is 1. The van der Waals surface area contributed by atoms with E-state index in [1.165, 1.54) is 42.5 Å². The van der Waals surface area contributed by atoms with Gasteiger partial charge >= 0.3 is 6.36 Å². The molecular formula is C25H24F4N4O2. The zero-order chi connectivity index (χ0) is 25.0. The average Bonchev–Trinajstić information content (AvgIpc) is 2.83. The quantitative estimate of drug-likeness (QED) is 0.429. The van der Waals surface area contributed by atoms with Crippen molar-refractivity contribution in [3.63, 3.8) is 0 Å². The minimum absolute atomic E-state index is 0.0212. The number of halogens is 4. The summed E-state index contributed by atoms with van der Waals surface area (Å²) in [6.07, 6.45) is -3.03. The summed E-state index contributed by atoms with van der Waals surface area (Å²) in [5.74, 6) is -0.355. The molecule has 2 aromatic carbocycles. The maximum Gasteiger partial charge on any atom is 0.573 e. The van der Waals surface area contributed by atoms with Crippen molar-refractivity contribution in [3.05, 3.63) is 66.2 Å². The van der Waals surface area contributed by atoms with Gasteiger partial charge in [-0.15, -0.1) is 13.2 Å². The molecule has 0 aliphatic carbocycles. The molecule has 184 valence electrons. The molecule has 1 saturated heterocycles. The Labute approximate surface area is 200 Å². The van der Waals surface area contributed by atoms with Gasteiger partial charge in [-0.2, -0.15) is 0 Å². The van der Waals surface area contributed by atoms with Gasteiger partial charge in [-0.05, 0) is 43.2 Å². The number of nitrogens with zero attached hydrogens (tertiary/aromatic N) is 3. The number of carbonyl (C=O) groups excluding carboxylic acids is 1. The third-order valence-corrected chi connectivity index (χ3v) is 5.67. The molecule has 3 aromatic rings. The summed E-state index contributed by atoms with van der Waals surface area (Å²) >= 11 is 0. The molecule has 1 fully saturated rings. The highest BCUT2D eigenvalue weighted by Crippen LogP contribution is 2.35. The molecule has 1 aromatic heterocycles. The van der Waals surface area contributed by atoms with E-state index in [2.05, 4.69) is 20.0 Å². The molecule has 0 saturated carbocycles. The first-order valence-corrected chi connectivity index (χ1v) is 11.3. The first-order chi connectivity index (χ1) is 16.7. The van der Waals surface area contributed by atoms with E-state index in [1.54, 1.807) is 24.0 Å². The fourth-order valence-electron chi connectivity index (χ4n) is 4.09. The Hall–Kier alpha value is -3.69. The average molecular weight is 488 g/mol. The Morgan fingerprint density at radius 3 is 2.69 bits per heavy atom. The Kier molecular flexibility index (Phi) is 7.18. The summed E-state index contributed by atoms with van der Waals surface area (Å²) in [4.78, 5) is 23.2. The lowest BCUT2D eigenvalue weighted by molar-refractivity contribution is -0.274. The van der Waals surface area contributed by atoms with Crippen LogP contribution in [0.1, 0.15) is 37.9 Å². The SMILES string of the molecule is CCC(=O)N1CCCC(c2nc(Nc3cccc(F)c3)cc(-c3ccccc3OC(F)(F)F)n2)C1. The molecule has 2 heterocycles. The molecule has 1 amide bonds. The van der Waals surface area contributed by atoms with E-state index in [-0.39, 0.29) is 28.9 Å². The van der Waals surface area contributed by atoms with Crippen LogP contribution in [0.5, 0.6) is 5.75 Å². The van der Waals surface area contributed by atoms with Crippen LogP contribution >= 0.6 is 0 Å². The van der Waals surface area contributed by atoms with Gasteiger partial charge in [0.05, 0.1) is 5.69 Å². The molecule has 1 atom stereocenters. The van der Waals surface area contributed by atoms with Crippen LogP contribution in [0, 0.1) is 5.82 Å². The van der Waals surface area contributed by atoms with E-state index < -0.39 is 17.9 Å². The molecule has 1 unspecified atom stereocenters. The van der Waals surface area contributed by atoms with Crippen molar-refractivity contribution in [2.75, 3.05) is 18.4 Å². The summed E-state index contributed by atoms with van der Waals surface area (Å²) in [6.45, 7) is 2.84. The fraction of sp³-hybridized carbons (Fsp3) is 0.320. The summed E-state index contributed by atoms with van der Waals surface area (Å²) in [6, 6.07) is 13.0. The third-order valence-electron chi connectivity index (χ3n) is 5.67. The number of aromatic nitrogens is 2. The van der Waals surface area contributed by atoms with Crippen LogP contribution in [0.25, 0.3) is 11.3 Å². The first-order valence-electron chi connectivity index (χ1n) is 11.3. The van der Waals surface area contributed by atoms with Crippen LogP contribution in [0.15, 0.2) is 54.6 Å². The van der Waals surface area contributed by atoms with Crippen molar-refractivity contribution in [3.8, 4) is 17.0 Å². The number of ether oxygens (including phenoxy) is 1. The van der Waals surface area contributed by atoms with Gasteiger partial charge in [0.15, 0.2) is 0 Å². The third kappa shape index (κ3) is 6.26. The van der Waals surface area contributed by atoms with Gasteiger partial charge in [-0.25, -0.2) is 14.4 Å². The smallest absolute Gasteiger partial charge is 0.405 e. The Balaban J connectivity index is 1.76. The van der Waals surface area contributed by atoms with Gasteiger partial charge in [-0.3, -0.25) is 4.79 Å². The van der Waals surface area contributed by atoms with Crippen LogP contribution < -0.4 is 10.1 Å². The highest BCUT2D eigenvalue weighted by Gasteiger charge is 2.33. The van der Waals surface area contributed by atoms with Gasteiger partial charge in [-0.1, -0.05) is 25.1 Å². The number of benzene rings is 2. The van der Waals surface area contributed by atoms with Crippen molar-refractivity contribution in [1.82, 2.24) is 14.9 Å². The van der Waals surface area contributed by atoms with Gasteiger partial charge in [0.25, 0.3) is 0 Å². The van der Waals surface area contributed by atoms with Crippen LogP contribution in [-0.2, 0) is 4.79 Å². The minimum Gasteiger partial charge on any atom is -0.405 e. The molecule has 0 radical (unpaired) electrons. The predicted molar refractivity (Wildman–Crippen MR) is 123 cm³/mol. The van der Waals surface area contributed by atoms with Crippen molar-refractivity contribution >= 4 is 17.4 Å². The minimum atomic E-state index is -4.88. The predicted octanol–water partition coefficient (Wildman–Crippen LogP) is 6.04. The molecule has 6 nitrogen and oxygen atoms in total.